The molecule has 0 unspecified atom stereocenters. The Morgan fingerprint density at radius 1 is 1.47 bits per heavy atom. The van der Waals surface area contributed by atoms with Gasteiger partial charge in [-0.2, -0.15) is 0 Å². The molecule has 0 fully saturated rings. The quantitative estimate of drug-likeness (QED) is 0.830. The molecule has 0 saturated heterocycles. The van der Waals surface area contributed by atoms with Crippen LogP contribution in [0, 0.1) is 6.92 Å². The van der Waals surface area contributed by atoms with Crippen LogP contribution in [0.5, 0.6) is 0 Å². The van der Waals surface area contributed by atoms with Crippen LogP contribution >= 0.6 is 11.3 Å². The third-order valence-electron chi connectivity index (χ3n) is 1.97. The summed E-state index contributed by atoms with van der Waals surface area (Å²) in [5.74, 6) is 0. The molecule has 0 aliphatic rings. The summed E-state index contributed by atoms with van der Waals surface area (Å²) in [7, 11) is 0. The Balaban J connectivity index is 2.02. The molecule has 4 nitrogen and oxygen atoms in total. The van der Waals surface area contributed by atoms with E-state index in [1.54, 1.807) is 23.7 Å². The Bertz CT molecular complexity index is 452. The highest BCUT2D eigenvalue weighted by atomic mass is 32.1. The molecule has 0 saturated carbocycles. The molecule has 78 valence electrons. The zero-order valence-corrected chi connectivity index (χ0v) is 9.21. The summed E-state index contributed by atoms with van der Waals surface area (Å²) in [6, 6.07) is 1.86. The van der Waals surface area contributed by atoms with Gasteiger partial charge in [0.25, 0.3) is 0 Å². The lowest BCUT2D eigenvalue weighted by molar-refractivity contribution is 1.16. The van der Waals surface area contributed by atoms with Gasteiger partial charge in [0.2, 0.25) is 0 Å². The number of aromatic nitrogens is 2. The molecule has 2 rings (SSSR count). The molecular weight excluding hydrogens is 208 g/mol. The maximum Gasteiger partial charge on any atom is 0.0897 e. The summed E-state index contributed by atoms with van der Waals surface area (Å²) >= 11 is 1.68. The van der Waals surface area contributed by atoms with Gasteiger partial charge in [-0.25, -0.2) is 4.98 Å². The van der Waals surface area contributed by atoms with Crippen molar-refractivity contribution in [2.75, 3.05) is 11.1 Å². The highest BCUT2D eigenvalue weighted by Gasteiger charge is 2.00. The van der Waals surface area contributed by atoms with Gasteiger partial charge in [-0.05, 0) is 13.0 Å². The number of anilines is 2. The molecule has 2 aromatic heterocycles. The van der Waals surface area contributed by atoms with Crippen molar-refractivity contribution in [1.82, 2.24) is 9.97 Å². The lowest BCUT2D eigenvalue weighted by Crippen LogP contribution is -2.01. The number of nitrogens with two attached hydrogens (primary N) is 1. The molecule has 0 atom stereocenters. The first-order valence-electron chi connectivity index (χ1n) is 4.60. The highest BCUT2D eigenvalue weighted by Crippen LogP contribution is 2.18. The normalized spacial score (nSPS) is 10.2. The smallest absolute Gasteiger partial charge is 0.0897 e. The fourth-order valence-corrected chi connectivity index (χ4v) is 1.97. The van der Waals surface area contributed by atoms with E-state index in [1.807, 2.05) is 19.2 Å². The second kappa shape index (κ2) is 4.27. The Kier molecular flexibility index (Phi) is 2.82. The van der Waals surface area contributed by atoms with E-state index < -0.39 is 0 Å². The lowest BCUT2D eigenvalue weighted by atomic mass is 10.3. The number of nitrogens with zero attached hydrogens (tertiary/aromatic N) is 2. The van der Waals surface area contributed by atoms with Crippen molar-refractivity contribution in [3.8, 4) is 0 Å². The molecule has 15 heavy (non-hydrogen) atoms. The Morgan fingerprint density at radius 2 is 2.33 bits per heavy atom. The molecular formula is C10H12N4S. The van der Waals surface area contributed by atoms with Crippen LogP contribution < -0.4 is 11.1 Å². The second-order valence-electron chi connectivity index (χ2n) is 3.16. The summed E-state index contributed by atoms with van der Waals surface area (Å²) in [6.45, 7) is 2.74. The van der Waals surface area contributed by atoms with Crippen LogP contribution in [0.1, 0.15) is 9.88 Å². The van der Waals surface area contributed by atoms with E-state index >= 15 is 0 Å². The van der Waals surface area contributed by atoms with Crippen LogP contribution in [0.25, 0.3) is 0 Å². The summed E-state index contributed by atoms with van der Waals surface area (Å²) in [6.07, 6.45) is 5.24. The van der Waals surface area contributed by atoms with Crippen molar-refractivity contribution in [3.63, 3.8) is 0 Å². The topological polar surface area (TPSA) is 63.8 Å². The zero-order chi connectivity index (χ0) is 10.7. The molecule has 3 N–H and O–H groups in total. The van der Waals surface area contributed by atoms with Gasteiger partial charge >= 0.3 is 0 Å². The maximum absolute atomic E-state index is 5.75. The monoisotopic (exact) mass is 220 g/mol. The largest absolute Gasteiger partial charge is 0.396 e. The molecule has 2 aromatic rings. The van der Waals surface area contributed by atoms with Gasteiger partial charge in [0.15, 0.2) is 0 Å². The maximum atomic E-state index is 5.75. The van der Waals surface area contributed by atoms with Crippen LogP contribution in [-0.4, -0.2) is 9.97 Å². The average Bonchev–Trinajstić information content (AvgIpc) is 2.63. The molecule has 0 aromatic carbocycles. The summed E-state index contributed by atoms with van der Waals surface area (Å²) < 4.78 is 0. The van der Waals surface area contributed by atoms with Crippen LogP contribution in [-0.2, 0) is 6.54 Å². The molecule has 0 radical (unpaired) electrons. The predicted molar refractivity (Wildman–Crippen MR) is 62.8 cm³/mol. The Hall–Kier alpha value is -1.62. The zero-order valence-electron chi connectivity index (χ0n) is 8.40. The number of thiazole rings is 1. The first kappa shape index (κ1) is 9.92. The van der Waals surface area contributed by atoms with Crippen molar-refractivity contribution < 1.29 is 0 Å². The van der Waals surface area contributed by atoms with Gasteiger partial charge in [0, 0.05) is 17.3 Å². The molecule has 0 amide bonds. The van der Waals surface area contributed by atoms with E-state index in [0.29, 0.717) is 5.69 Å². The number of aryl methyl sites for hydroxylation is 1. The van der Waals surface area contributed by atoms with Gasteiger partial charge in [-0.1, -0.05) is 0 Å². The van der Waals surface area contributed by atoms with Crippen LogP contribution in [0.3, 0.4) is 0 Å². The van der Waals surface area contributed by atoms with E-state index in [9.17, 15) is 0 Å². The molecule has 0 bridgehead atoms. The minimum atomic E-state index is 0.665. The SMILES string of the molecule is Cc1ncc(CNc2ccncc2N)s1. The number of pyridine rings is 1. The third-order valence-corrected chi connectivity index (χ3v) is 2.89. The van der Waals surface area contributed by atoms with Crippen molar-refractivity contribution >= 4 is 22.7 Å². The van der Waals surface area contributed by atoms with E-state index in [1.165, 1.54) is 4.88 Å². The van der Waals surface area contributed by atoms with E-state index in [0.717, 1.165) is 17.2 Å². The Labute approximate surface area is 92.2 Å². The van der Waals surface area contributed by atoms with E-state index in [4.69, 9.17) is 5.73 Å². The number of nitrogen functional groups attached to an aromatic ring is 1. The lowest BCUT2D eigenvalue weighted by Gasteiger charge is -2.06. The van der Waals surface area contributed by atoms with Gasteiger partial charge in [-0.3, -0.25) is 4.98 Å². The van der Waals surface area contributed by atoms with E-state index in [-0.39, 0.29) is 0 Å². The number of nitrogens with one attached hydrogen (secondary N) is 1. The van der Waals surface area contributed by atoms with Crippen LogP contribution in [0.4, 0.5) is 11.4 Å². The molecule has 2 heterocycles. The molecule has 0 aliphatic carbocycles. The third kappa shape index (κ3) is 2.44. The molecule has 5 heteroatoms. The first-order chi connectivity index (χ1) is 7.25. The van der Waals surface area contributed by atoms with Crippen LogP contribution in [0.15, 0.2) is 24.7 Å². The summed E-state index contributed by atoms with van der Waals surface area (Å²) in [5.41, 5.74) is 7.33. The standard InChI is InChI=1S/C10H12N4S/c1-7-13-4-8(15-7)5-14-10-2-3-12-6-9(10)11/h2-4,6H,5,11H2,1H3,(H,12,14). The first-order valence-corrected chi connectivity index (χ1v) is 5.42. The summed E-state index contributed by atoms with van der Waals surface area (Å²) in [5, 5.41) is 4.33. The van der Waals surface area contributed by atoms with Crippen molar-refractivity contribution in [2.45, 2.75) is 13.5 Å². The van der Waals surface area contributed by atoms with Crippen molar-refractivity contribution in [3.05, 3.63) is 34.5 Å². The summed E-state index contributed by atoms with van der Waals surface area (Å²) in [4.78, 5) is 9.31. The number of rotatable bonds is 3. The highest BCUT2D eigenvalue weighted by molar-refractivity contribution is 7.11. The molecule has 0 spiro atoms. The second-order valence-corrected chi connectivity index (χ2v) is 4.48. The average molecular weight is 220 g/mol. The van der Waals surface area contributed by atoms with Crippen molar-refractivity contribution in [2.24, 2.45) is 0 Å². The number of hydrogen-bond donors (Lipinski definition) is 2. The van der Waals surface area contributed by atoms with Gasteiger partial charge in [0.1, 0.15) is 0 Å². The van der Waals surface area contributed by atoms with Gasteiger partial charge in [-0.15, -0.1) is 11.3 Å². The predicted octanol–water partition coefficient (Wildman–Crippen LogP) is 2.04. The fraction of sp³-hybridized carbons (Fsp3) is 0.200. The van der Waals surface area contributed by atoms with Gasteiger partial charge in [0.05, 0.1) is 29.1 Å². The minimum Gasteiger partial charge on any atom is -0.396 e. The molecule has 0 aliphatic heterocycles. The van der Waals surface area contributed by atoms with Crippen molar-refractivity contribution in [1.29, 1.82) is 0 Å². The van der Waals surface area contributed by atoms with E-state index in [2.05, 4.69) is 15.3 Å². The minimum absolute atomic E-state index is 0.665. The van der Waals surface area contributed by atoms with Crippen LogP contribution in [0.2, 0.25) is 0 Å². The Morgan fingerprint density at radius 3 is 3.00 bits per heavy atom. The number of hydrogen-bond acceptors (Lipinski definition) is 5. The fourth-order valence-electron chi connectivity index (χ4n) is 1.24. The van der Waals surface area contributed by atoms with Gasteiger partial charge < -0.3 is 11.1 Å².